The average Bonchev–Trinajstić information content (AvgIpc) is 2.70. The molecule has 0 atom stereocenters. The molecule has 9 nitrogen and oxygen atoms in total. The van der Waals surface area contributed by atoms with Gasteiger partial charge in [-0.1, -0.05) is 0 Å². The van der Waals surface area contributed by atoms with Crippen molar-refractivity contribution in [2.24, 2.45) is 0 Å². The summed E-state index contributed by atoms with van der Waals surface area (Å²) < 4.78 is 61.4. The minimum atomic E-state index is -4.94. The summed E-state index contributed by atoms with van der Waals surface area (Å²) in [4.78, 5) is 0. The number of benzene rings is 2. The molecule has 162 valence electrons. The van der Waals surface area contributed by atoms with Crippen molar-refractivity contribution in [1.82, 2.24) is 0 Å². The molecule has 2 aromatic carbocycles. The molecule has 0 amide bonds. The molecule has 0 bridgehead atoms. The van der Waals surface area contributed by atoms with Crippen LogP contribution in [0.5, 0.6) is 23.0 Å². The Kier molecular flexibility index (Phi) is 7.65. The molecule has 0 aliphatic rings. The van der Waals surface area contributed by atoms with E-state index in [0.717, 1.165) is 27.9 Å². The van der Waals surface area contributed by atoms with Crippen LogP contribution in [0.15, 0.2) is 40.8 Å². The monoisotopic (exact) mass is 440 g/mol. The average molecular weight is 441 g/mol. The van der Waals surface area contributed by atoms with Crippen molar-refractivity contribution in [1.29, 1.82) is 0 Å². The number of fused-ring (bicyclic) bond motifs is 1. The van der Waals surface area contributed by atoms with Gasteiger partial charge in [-0.2, -0.15) is 0 Å². The van der Waals surface area contributed by atoms with Crippen LogP contribution >= 0.6 is 0 Å². The molecule has 0 aliphatic heterocycles. The Morgan fingerprint density at radius 2 is 1.20 bits per heavy atom. The van der Waals surface area contributed by atoms with Crippen molar-refractivity contribution in [3.63, 3.8) is 0 Å². The van der Waals surface area contributed by atoms with Gasteiger partial charge in [0, 0.05) is 17.5 Å². The van der Waals surface area contributed by atoms with Gasteiger partial charge in [0.15, 0.2) is 23.0 Å². The fourth-order valence-corrected chi connectivity index (χ4v) is 2.84. The number of halogens is 1. The second-order valence-corrected chi connectivity index (χ2v) is 6.66. The zero-order valence-corrected chi connectivity index (χ0v) is 17.8. The standard InChI is InChI=1S/C20H21O5.ClHO4/c1-12-15-11-20(24-5)19(23-4)10-14(15)9-17(25-12)13-6-7-16(21-2)18(8-13)22-3;2-1(3,4)5/h6-11H,1-5H3;(H,2,3,4,5)/q+1;/p-1. The number of hydrogen-bond acceptors (Lipinski definition) is 8. The number of hydrogen-bond donors (Lipinski definition) is 0. The number of methoxy groups -OCH3 is 4. The molecule has 0 aliphatic carbocycles. The smallest absolute Gasteiger partial charge is 0.360 e. The zero-order valence-electron chi connectivity index (χ0n) is 17.0. The van der Waals surface area contributed by atoms with E-state index in [4.69, 9.17) is 42.0 Å². The summed E-state index contributed by atoms with van der Waals surface area (Å²) in [5, 5.41) is 1.98. The van der Waals surface area contributed by atoms with E-state index in [2.05, 4.69) is 0 Å². The first-order valence-electron chi connectivity index (χ1n) is 8.45. The van der Waals surface area contributed by atoms with E-state index in [9.17, 15) is 0 Å². The van der Waals surface area contributed by atoms with Crippen LogP contribution in [0.25, 0.3) is 22.1 Å². The molecule has 0 saturated heterocycles. The molecule has 1 aromatic heterocycles. The first-order chi connectivity index (χ1) is 14.1. The van der Waals surface area contributed by atoms with Crippen LogP contribution in [0, 0.1) is 17.2 Å². The summed E-state index contributed by atoms with van der Waals surface area (Å²) in [7, 11) is 1.52. The van der Waals surface area contributed by atoms with Crippen molar-refractivity contribution < 1.29 is 52.2 Å². The van der Waals surface area contributed by atoms with E-state index in [1.54, 1.807) is 28.4 Å². The van der Waals surface area contributed by atoms with E-state index in [1.165, 1.54) is 0 Å². The van der Waals surface area contributed by atoms with Crippen LogP contribution in [0.2, 0.25) is 0 Å². The Bertz CT molecular complexity index is 1010. The summed E-state index contributed by atoms with van der Waals surface area (Å²) in [6, 6.07) is 11.5. The second-order valence-electron chi connectivity index (χ2n) is 5.91. The summed E-state index contributed by atoms with van der Waals surface area (Å²) in [6.07, 6.45) is 0. The Morgan fingerprint density at radius 1 is 0.700 bits per heavy atom. The lowest BCUT2D eigenvalue weighted by molar-refractivity contribution is -2.00. The van der Waals surface area contributed by atoms with Crippen LogP contribution in [0.4, 0.5) is 0 Å². The van der Waals surface area contributed by atoms with E-state index in [1.807, 2.05) is 43.3 Å². The molecular formula is C20H21ClO9. The highest BCUT2D eigenvalue weighted by Crippen LogP contribution is 2.38. The lowest BCUT2D eigenvalue weighted by atomic mass is 10.1. The first-order valence-corrected chi connectivity index (χ1v) is 9.68. The maximum Gasteiger partial charge on any atom is 0.360 e. The van der Waals surface area contributed by atoms with Gasteiger partial charge in [-0.3, -0.25) is 0 Å². The molecule has 0 radical (unpaired) electrons. The molecule has 0 spiro atoms. The summed E-state index contributed by atoms with van der Waals surface area (Å²) in [5.74, 6) is 4.21. The number of rotatable bonds is 5. The predicted octanol–water partition coefficient (Wildman–Crippen LogP) is -0.0323. The van der Waals surface area contributed by atoms with Gasteiger partial charge in [0.2, 0.25) is 0 Å². The third kappa shape index (κ3) is 5.85. The number of ether oxygens (including phenoxy) is 4. The fraction of sp³-hybridized carbons (Fsp3) is 0.250. The Morgan fingerprint density at radius 3 is 1.73 bits per heavy atom. The van der Waals surface area contributed by atoms with Crippen molar-refractivity contribution in [3.8, 4) is 34.3 Å². The van der Waals surface area contributed by atoms with Crippen molar-refractivity contribution in [2.75, 3.05) is 28.4 Å². The van der Waals surface area contributed by atoms with E-state index in [-0.39, 0.29) is 0 Å². The van der Waals surface area contributed by atoms with Crippen LogP contribution in [-0.4, -0.2) is 28.4 Å². The Balaban J connectivity index is 0.000000575. The highest BCUT2D eigenvalue weighted by molar-refractivity contribution is 5.89. The molecule has 0 fully saturated rings. The molecule has 1 heterocycles. The molecule has 0 N–H and O–H groups in total. The molecule has 0 saturated carbocycles. The highest BCUT2D eigenvalue weighted by Gasteiger charge is 2.21. The Hall–Kier alpha value is -2.82. The second kappa shape index (κ2) is 9.79. The molecule has 3 rings (SSSR count). The molecule has 0 unspecified atom stereocenters. The quantitative estimate of drug-likeness (QED) is 0.500. The minimum absolute atomic E-state index is 0.653. The van der Waals surface area contributed by atoms with Gasteiger partial charge in [-0.25, -0.2) is 23.1 Å². The van der Waals surface area contributed by atoms with Crippen LogP contribution in [0.1, 0.15) is 5.76 Å². The fourth-order valence-electron chi connectivity index (χ4n) is 2.84. The van der Waals surface area contributed by atoms with Gasteiger partial charge in [0.1, 0.15) is 0 Å². The van der Waals surface area contributed by atoms with Crippen molar-refractivity contribution in [2.45, 2.75) is 6.92 Å². The van der Waals surface area contributed by atoms with Crippen LogP contribution in [-0.2, 0) is 0 Å². The van der Waals surface area contributed by atoms with E-state index in [0.29, 0.717) is 23.0 Å². The Labute approximate surface area is 175 Å². The first kappa shape index (κ1) is 23.5. The van der Waals surface area contributed by atoms with Crippen molar-refractivity contribution in [3.05, 3.63) is 42.2 Å². The van der Waals surface area contributed by atoms with Crippen LogP contribution in [0.3, 0.4) is 0 Å². The predicted molar refractivity (Wildman–Crippen MR) is 97.0 cm³/mol. The maximum atomic E-state index is 8.49. The van der Waals surface area contributed by atoms with Gasteiger partial charge in [-0.05, 0) is 18.2 Å². The lowest BCUT2D eigenvalue weighted by Gasteiger charge is -2.17. The minimum Gasteiger partial charge on any atom is -0.493 e. The zero-order chi connectivity index (χ0) is 22.5. The summed E-state index contributed by atoms with van der Waals surface area (Å²) >= 11 is 0. The van der Waals surface area contributed by atoms with Gasteiger partial charge in [0.25, 0.3) is 0 Å². The largest absolute Gasteiger partial charge is 0.493 e. The SMILES string of the molecule is COc1ccc(-c2cc3cc(OC)c(OC)cc3c(C)[o+]2)cc1OC.[O-][Cl+3]([O-])([O-])[O-]. The lowest BCUT2D eigenvalue weighted by Crippen LogP contribution is -2.68. The molecule has 3 aromatic rings. The molecular weight excluding hydrogens is 420 g/mol. The third-order valence-electron chi connectivity index (χ3n) is 4.15. The van der Waals surface area contributed by atoms with Gasteiger partial charge < -0.3 is 18.9 Å². The summed E-state index contributed by atoms with van der Waals surface area (Å²) in [6.45, 7) is 1.93. The van der Waals surface area contributed by atoms with Gasteiger partial charge in [-0.15, -0.1) is 10.2 Å². The molecule has 10 heteroatoms. The molecule has 30 heavy (non-hydrogen) atoms. The number of aryl methyl sites for hydroxylation is 1. The van der Waals surface area contributed by atoms with Crippen molar-refractivity contribution >= 4 is 10.8 Å². The van der Waals surface area contributed by atoms with Crippen LogP contribution < -0.4 is 37.6 Å². The van der Waals surface area contributed by atoms with E-state index < -0.39 is 10.2 Å². The van der Waals surface area contributed by atoms with Gasteiger partial charge >= 0.3 is 11.5 Å². The highest BCUT2D eigenvalue weighted by atomic mass is 35.7. The maximum absolute atomic E-state index is 8.49. The van der Waals surface area contributed by atoms with E-state index >= 15 is 0 Å². The van der Waals surface area contributed by atoms with Gasteiger partial charge in [0.05, 0.1) is 52.4 Å². The normalized spacial score (nSPS) is 10.8. The summed E-state index contributed by atoms with van der Waals surface area (Å²) in [5.41, 5.74) is 0.900. The topological polar surface area (TPSA) is 140 Å². The third-order valence-corrected chi connectivity index (χ3v) is 4.15.